The standard InChI is InChI=1S/C16H14N4O/c17-15(21)11-5-3-6-12-14(11)19-16(18-12)20-9-8-10-4-1-2-7-13(10)20/h1-7H,8-9H2,(H2,17,21)(H,18,19). The van der Waals surface area contributed by atoms with Crippen molar-refractivity contribution in [3.63, 3.8) is 0 Å². The Labute approximate surface area is 121 Å². The lowest BCUT2D eigenvalue weighted by molar-refractivity contribution is 0.100. The van der Waals surface area contributed by atoms with Gasteiger partial charge >= 0.3 is 0 Å². The van der Waals surface area contributed by atoms with Gasteiger partial charge in [-0.15, -0.1) is 0 Å². The van der Waals surface area contributed by atoms with Crippen molar-refractivity contribution in [3.8, 4) is 0 Å². The van der Waals surface area contributed by atoms with E-state index in [9.17, 15) is 4.79 Å². The SMILES string of the molecule is NC(=O)c1cccc2[nH]c(N3CCc4ccccc43)nc12. The summed E-state index contributed by atoms with van der Waals surface area (Å²) in [5.41, 5.74) is 9.79. The Morgan fingerprint density at radius 2 is 2.05 bits per heavy atom. The number of primary amides is 1. The van der Waals surface area contributed by atoms with Crippen molar-refractivity contribution < 1.29 is 4.79 Å². The van der Waals surface area contributed by atoms with Gasteiger partial charge in [0.25, 0.3) is 5.91 Å². The second-order valence-corrected chi connectivity index (χ2v) is 5.16. The molecular weight excluding hydrogens is 264 g/mol. The number of H-pyrrole nitrogens is 1. The molecule has 0 aliphatic carbocycles. The second kappa shape index (κ2) is 4.34. The smallest absolute Gasteiger partial charge is 0.250 e. The number of benzene rings is 2. The first-order valence-electron chi connectivity index (χ1n) is 6.88. The fourth-order valence-electron chi connectivity index (χ4n) is 2.90. The Kier molecular flexibility index (Phi) is 2.47. The normalized spacial score (nSPS) is 13.6. The number of hydrogen-bond donors (Lipinski definition) is 2. The van der Waals surface area contributed by atoms with Crippen LogP contribution in [-0.4, -0.2) is 22.4 Å². The van der Waals surface area contributed by atoms with Crippen LogP contribution in [0.5, 0.6) is 0 Å². The summed E-state index contributed by atoms with van der Waals surface area (Å²) in [6.45, 7) is 0.880. The lowest BCUT2D eigenvalue weighted by Gasteiger charge is -2.15. The van der Waals surface area contributed by atoms with Crippen molar-refractivity contribution in [1.82, 2.24) is 9.97 Å². The number of rotatable bonds is 2. The molecule has 0 atom stereocenters. The zero-order valence-corrected chi connectivity index (χ0v) is 11.3. The van der Waals surface area contributed by atoms with Gasteiger partial charge in [-0.25, -0.2) is 4.98 Å². The van der Waals surface area contributed by atoms with Crippen molar-refractivity contribution in [2.24, 2.45) is 5.73 Å². The zero-order valence-electron chi connectivity index (χ0n) is 11.3. The number of aromatic amines is 1. The van der Waals surface area contributed by atoms with Gasteiger partial charge in [0.15, 0.2) is 0 Å². The van der Waals surface area contributed by atoms with E-state index < -0.39 is 5.91 Å². The first kappa shape index (κ1) is 12.0. The molecule has 5 nitrogen and oxygen atoms in total. The van der Waals surface area contributed by atoms with Gasteiger partial charge in [0, 0.05) is 12.2 Å². The van der Waals surface area contributed by atoms with Gasteiger partial charge in [-0.1, -0.05) is 24.3 Å². The second-order valence-electron chi connectivity index (χ2n) is 5.16. The Hall–Kier alpha value is -2.82. The summed E-state index contributed by atoms with van der Waals surface area (Å²) >= 11 is 0. The van der Waals surface area contributed by atoms with Crippen LogP contribution in [0.15, 0.2) is 42.5 Å². The molecule has 0 bridgehead atoms. The van der Waals surface area contributed by atoms with Crippen LogP contribution >= 0.6 is 0 Å². The van der Waals surface area contributed by atoms with E-state index in [1.165, 1.54) is 5.56 Å². The fourth-order valence-corrected chi connectivity index (χ4v) is 2.90. The largest absolute Gasteiger partial charge is 0.366 e. The van der Waals surface area contributed by atoms with E-state index in [0.29, 0.717) is 11.1 Å². The molecule has 1 amide bonds. The number of aromatic nitrogens is 2. The summed E-state index contributed by atoms with van der Waals surface area (Å²) in [6.07, 6.45) is 0.996. The number of fused-ring (bicyclic) bond motifs is 2. The predicted octanol–water partition coefficient (Wildman–Crippen LogP) is 2.36. The minimum Gasteiger partial charge on any atom is -0.366 e. The average Bonchev–Trinajstić information content (AvgIpc) is 3.09. The molecule has 0 radical (unpaired) electrons. The highest BCUT2D eigenvalue weighted by Crippen LogP contribution is 2.33. The Balaban J connectivity index is 1.86. The summed E-state index contributed by atoms with van der Waals surface area (Å²) in [4.78, 5) is 21.5. The molecule has 5 heteroatoms. The average molecular weight is 278 g/mol. The third-order valence-electron chi connectivity index (χ3n) is 3.91. The summed E-state index contributed by atoms with van der Waals surface area (Å²) in [6, 6.07) is 13.7. The van der Waals surface area contributed by atoms with Crippen molar-refractivity contribution in [2.75, 3.05) is 11.4 Å². The Bertz CT molecular complexity index is 852. The predicted molar refractivity (Wildman–Crippen MR) is 81.8 cm³/mol. The number of para-hydroxylation sites is 2. The summed E-state index contributed by atoms with van der Waals surface area (Å²) in [5, 5.41) is 0. The van der Waals surface area contributed by atoms with E-state index >= 15 is 0 Å². The number of imidazole rings is 1. The molecule has 0 saturated heterocycles. The van der Waals surface area contributed by atoms with Crippen LogP contribution in [0.2, 0.25) is 0 Å². The van der Waals surface area contributed by atoms with Crippen molar-refractivity contribution in [3.05, 3.63) is 53.6 Å². The molecule has 1 aromatic heterocycles. The number of nitrogens with zero attached hydrogens (tertiary/aromatic N) is 2. The van der Waals surface area contributed by atoms with Crippen molar-refractivity contribution in [1.29, 1.82) is 0 Å². The van der Waals surface area contributed by atoms with Crippen LogP contribution in [0.3, 0.4) is 0 Å². The highest BCUT2D eigenvalue weighted by atomic mass is 16.1. The van der Waals surface area contributed by atoms with E-state index in [1.54, 1.807) is 6.07 Å². The van der Waals surface area contributed by atoms with Crippen LogP contribution in [0, 0.1) is 0 Å². The Morgan fingerprint density at radius 1 is 1.19 bits per heavy atom. The van der Waals surface area contributed by atoms with Gasteiger partial charge < -0.3 is 15.6 Å². The lowest BCUT2D eigenvalue weighted by atomic mass is 10.2. The summed E-state index contributed by atoms with van der Waals surface area (Å²) < 4.78 is 0. The van der Waals surface area contributed by atoms with E-state index in [2.05, 4.69) is 27.0 Å². The molecule has 1 aliphatic rings. The van der Waals surface area contributed by atoms with E-state index in [4.69, 9.17) is 5.73 Å². The van der Waals surface area contributed by atoms with Gasteiger partial charge in [0.1, 0.15) is 5.52 Å². The number of hydrogen-bond acceptors (Lipinski definition) is 3. The maximum absolute atomic E-state index is 11.5. The number of nitrogens with one attached hydrogen (secondary N) is 1. The van der Waals surface area contributed by atoms with Gasteiger partial charge in [-0.3, -0.25) is 4.79 Å². The fraction of sp³-hybridized carbons (Fsp3) is 0.125. The molecule has 0 fully saturated rings. The molecule has 4 rings (SSSR count). The van der Waals surface area contributed by atoms with Crippen LogP contribution in [0.1, 0.15) is 15.9 Å². The zero-order chi connectivity index (χ0) is 14.4. The first-order valence-corrected chi connectivity index (χ1v) is 6.88. The lowest BCUT2D eigenvalue weighted by Crippen LogP contribution is -2.14. The van der Waals surface area contributed by atoms with E-state index in [-0.39, 0.29) is 0 Å². The molecule has 0 unspecified atom stereocenters. The minimum atomic E-state index is -0.458. The number of amides is 1. The highest BCUT2D eigenvalue weighted by Gasteiger charge is 2.23. The van der Waals surface area contributed by atoms with Gasteiger partial charge in [0.05, 0.1) is 11.1 Å². The molecule has 3 aromatic rings. The Morgan fingerprint density at radius 3 is 2.90 bits per heavy atom. The van der Waals surface area contributed by atoms with Crippen LogP contribution in [0.25, 0.3) is 11.0 Å². The first-order chi connectivity index (χ1) is 10.2. The third-order valence-corrected chi connectivity index (χ3v) is 3.91. The monoisotopic (exact) mass is 278 g/mol. The molecule has 0 saturated carbocycles. The van der Waals surface area contributed by atoms with E-state index in [0.717, 1.165) is 30.1 Å². The highest BCUT2D eigenvalue weighted by molar-refractivity contribution is 6.04. The molecule has 3 N–H and O–H groups in total. The summed E-state index contributed by atoms with van der Waals surface area (Å²) in [7, 11) is 0. The van der Waals surface area contributed by atoms with Gasteiger partial charge in [-0.05, 0) is 30.2 Å². The van der Waals surface area contributed by atoms with Crippen LogP contribution < -0.4 is 10.6 Å². The molecular formula is C16H14N4O. The number of anilines is 2. The molecule has 21 heavy (non-hydrogen) atoms. The maximum Gasteiger partial charge on any atom is 0.250 e. The molecule has 2 heterocycles. The molecule has 104 valence electrons. The quantitative estimate of drug-likeness (QED) is 0.755. The molecule has 0 spiro atoms. The number of carbonyl (C=O) groups excluding carboxylic acids is 1. The maximum atomic E-state index is 11.5. The van der Waals surface area contributed by atoms with Crippen molar-refractivity contribution in [2.45, 2.75) is 6.42 Å². The molecule has 1 aliphatic heterocycles. The number of carbonyl (C=O) groups is 1. The molecule has 2 aromatic carbocycles. The topological polar surface area (TPSA) is 75.0 Å². The van der Waals surface area contributed by atoms with Crippen LogP contribution in [-0.2, 0) is 6.42 Å². The van der Waals surface area contributed by atoms with Crippen molar-refractivity contribution >= 4 is 28.6 Å². The number of nitrogens with two attached hydrogens (primary N) is 1. The van der Waals surface area contributed by atoms with E-state index in [1.807, 2.05) is 24.3 Å². The minimum absolute atomic E-state index is 0.447. The van der Waals surface area contributed by atoms with Gasteiger partial charge in [-0.2, -0.15) is 0 Å². The third kappa shape index (κ3) is 1.78. The van der Waals surface area contributed by atoms with Crippen LogP contribution in [0.4, 0.5) is 11.6 Å². The summed E-state index contributed by atoms with van der Waals surface area (Å²) in [5.74, 6) is 0.295. The van der Waals surface area contributed by atoms with Gasteiger partial charge in [0.2, 0.25) is 5.95 Å².